The highest BCUT2D eigenvalue weighted by Crippen LogP contribution is 2.18. The number of aryl methyl sites for hydroxylation is 1. The molecule has 0 saturated carbocycles. The SMILES string of the molecule is Cc1ccc(F)cc1NC(=O)c1cnn(Cc2ccccc2Cl)c1. The second kappa shape index (κ2) is 6.84. The molecule has 0 spiro atoms. The summed E-state index contributed by atoms with van der Waals surface area (Å²) in [7, 11) is 0. The first-order valence-corrected chi connectivity index (χ1v) is 7.74. The Morgan fingerprint density at radius 2 is 2.08 bits per heavy atom. The van der Waals surface area contributed by atoms with Gasteiger partial charge in [-0.1, -0.05) is 35.9 Å². The molecule has 3 rings (SSSR count). The molecule has 24 heavy (non-hydrogen) atoms. The van der Waals surface area contributed by atoms with Crippen LogP contribution in [-0.4, -0.2) is 15.7 Å². The Kier molecular flexibility index (Phi) is 4.62. The Bertz CT molecular complexity index is 891. The van der Waals surface area contributed by atoms with E-state index in [-0.39, 0.29) is 5.91 Å². The minimum absolute atomic E-state index is 0.339. The largest absolute Gasteiger partial charge is 0.322 e. The molecule has 6 heteroatoms. The maximum Gasteiger partial charge on any atom is 0.258 e. The van der Waals surface area contributed by atoms with E-state index in [0.29, 0.717) is 22.8 Å². The van der Waals surface area contributed by atoms with Crippen LogP contribution in [0.5, 0.6) is 0 Å². The first-order chi connectivity index (χ1) is 11.5. The molecule has 0 atom stereocenters. The number of rotatable bonds is 4. The van der Waals surface area contributed by atoms with Crippen molar-refractivity contribution in [1.29, 1.82) is 0 Å². The number of nitrogens with zero attached hydrogens (tertiary/aromatic N) is 2. The Labute approximate surface area is 143 Å². The molecular weight excluding hydrogens is 329 g/mol. The zero-order chi connectivity index (χ0) is 17.1. The number of amides is 1. The van der Waals surface area contributed by atoms with E-state index < -0.39 is 5.82 Å². The van der Waals surface area contributed by atoms with Crippen LogP contribution in [0.25, 0.3) is 0 Å². The molecule has 122 valence electrons. The molecule has 0 bridgehead atoms. The van der Waals surface area contributed by atoms with Crippen LogP contribution < -0.4 is 5.32 Å². The molecule has 0 aliphatic heterocycles. The Morgan fingerprint density at radius 1 is 1.29 bits per heavy atom. The third-order valence-corrected chi connectivity index (χ3v) is 4.00. The number of nitrogens with one attached hydrogen (secondary N) is 1. The topological polar surface area (TPSA) is 46.9 Å². The summed E-state index contributed by atoms with van der Waals surface area (Å²) in [6, 6.07) is 11.7. The standard InChI is InChI=1S/C18H15ClFN3O/c1-12-6-7-15(20)8-17(12)22-18(24)14-9-21-23(11-14)10-13-4-2-3-5-16(13)19/h2-9,11H,10H2,1H3,(H,22,24). The molecule has 3 aromatic rings. The molecule has 0 radical (unpaired) electrons. The summed E-state index contributed by atoms with van der Waals surface area (Å²) >= 11 is 6.13. The predicted octanol–water partition coefficient (Wildman–Crippen LogP) is 4.28. The molecule has 0 fully saturated rings. The number of carbonyl (C=O) groups is 1. The maximum absolute atomic E-state index is 13.3. The van der Waals surface area contributed by atoms with Crippen LogP contribution in [0.2, 0.25) is 5.02 Å². The normalized spacial score (nSPS) is 10.6. The highest BCUT2D eigenvalue weighted by atomic mass is 35.5. The van der Waals surface area contributed by atoms with E-state index in [1.165, 1.54) is 18.3 Å². The minimum atomic E-state index is -0.398. The van der Waals surface area contributed by atoms with Crippen LogP contribution in [0.4, 0.5) is 10.1 Å². The van der Waals surface area contributed by atoms with Crippen molar-refractivity contribution in [2.75, 3.05) is 5.32 Å². The fourth-order valence-electron chi connectivity index (χ4n) is 2.29. The van der Waals surface area contributed by atoms with Gasteiger partial charge in [0.05, 0.1) is 18.3 Å². The smallest absolute Gasteiger partial charge is 0.258 e. The second-order valence-corrected chi connectivity index (χ2v) is 5.84. The summed E-state index contributed by atoms with van der Waals surface area (Å²) in [4.78, 5) is 12.3. The van der Waals surface area contributed by atoms with Gasteiger partial charge in [-0.2, -0.15) is 5.10 Å². The number of benzene rings is 2. The quantitative estimate of drug-likeness (QED) is 0.768. The van der Waals surface area contributed by atoms with Crippen LogP contribution in [0, 0.1) is 12.7 Å². The summed E-state index contributed by atoms with van der Waals surface area (Å²) in [5.74, 6) is -0.737. The van der Waals surface area contributed by atoms with E-state index in [4.69, 9.17) is 11.6 Å². The summed E-state index contributed by atoms with van der Waals surface area (Å²) in [6.45, 7) is 2.27. The molecule has 0 aliphatic carbocycles. The molecule has 1 amide bonds. The second-order valence-electron chi connectivity index (χ2n) is 5.43. The third-order valence-electron chi connectivity index (χ3n) is 3.63. The van der Waals surface area contributed by atoms with Gasteiger partial charge in [-0.05, 0) is 36.2 Å². The third kappa shape index (κ3) is 3.63. The fourth-order valence-corrected chi connectivity index (χ4v) is 2.49. The number of hydrogen-bond acceptors (Lipinski definition) is 2. The lowest BCUT2D eigenvalue weighted by molar-refractivity contribution is 0.102. The van der Waals surface area contributed by atoms with E-state index in [0.717, 1.165) is 11.1 Å². The van der Waals surface area contributed by atoms with Gasteiger partial charge in [-0.25, -0.2) is 4.39 Å². The van der Waals surface area contributed by atoms with Crippen LogP contribution in [0.15, 0.2) is 54.9 Å². The van der Waals surface area contributed by atoms with Crippen molar-refractivity contribution in [2.45, 2.75) is 13.5 Å². The van der Waals surface area contributed by atoms with Crippen molar-refractivity contribution in [3.05, 3.63) is 82.4 Å². The van der Waals surface area contributed by atoms with E-state index in [9.17, 15) is 9.18 Å². The predicted molar refractivity (Wildman–Crippen MR) is 91.9 cm³/mol. The number of hydrogen-bond donors (Lipinski definition) is 1. The van der Waals surface area contributed by atoms with Gasteiger partial charge in [0.1, 0.15) is 5.82 Å². The van der Waals surface area contributed by atoms with Gasteiger partial charge in [-0.15, -0.1) is 0 Å². The number of carbonyl (C=O) groups excluding carboxylic acids is 1. The van der Waals surface area contributed by atoms with Crippen LogP contribution in [0.1, 0.15) is 21.5 Å². The van der Waals surface area contributed by atoms with Crippen molar-refractivity contribution in [1.82, 2.24) is 9.78 Å². The molecule has 0 saturated heterocycles. The highest BCUT2D eigenvalue weighted by Gasteiger charge is 2.11. The van der Waals surface area contributed by atoms with Gasteiger partial charge >= 0.3 is 0 Å². The average Bonchev–Trinajstić information content (AvgIpc) is 3.02. The summed E-state index contributed by atoms with van der Waals surface area (Å²) in [5.41, 5.74) is 2.54. The Balaban J connectivity index is 1.74. The summed E-state index contributed by atoms with van der Waals surface area (Å²) in [6.07, 6.45) is 3.11. The molecule has 4 nitrogen and oxygen atoms in total. The molecule has 1 heterocycles. The van der Waals surface area contributed by atoms with Crippen LogP contribution >= 0.6 is 11.6 Å². The molecular formula is C18H15ClFN3O. The molecule has 2 aromatic carbocycles. The van der Waals surface area contributed by atoms with E-state index in [1.54, 1.807) is 29.9 Å². The number of aromatic nitrogens is 2. The number of halogens is 2. The lowest BCUT2D eigenvalue weighted by atomic mass is 10.2. The van der Waals surface area contributed by atoms with Crippen molar-refractivity contribution < 1.29 is 9.18 Å². The minimum Gasteiger partial charge on any atom is -0.322 e. The number of anilines is 1. The van der Waals surface area contributed by atoms with Gasteiger partial charge in [0.2, 0.25) is 0 Å². The van der Waals surface area contributed by atoms with Gasteiger partial charge in [0.15, 0.2) is 0 Å². The van der Waals surface area contributed by atoms with Crippen molar-refractivity contribution in [3.63, 3.8) is 0 Å². The van der Waals surface area contributed by atoms with Crippen molar-refractivity contribution in [2.24, 2.45) is 0 Å². The van der Waals surface area contributed by atoms with Crippen LogP contribution in [0.3, 0.4) is 0 Å². The monoisotopic (exact) mass is 343 g/mol. The zero-order valence-electron chi connectivity index (χ0n) is 13.0. The molecule has 0 unspecified atom stereocenters. The zero-order valence-corrected chi connectivity index (χ0v) is 13.7. The van der Waals surface area contributed by atoms with E-state index >= 15 is 0 Å². The molecule has 0 aliphatic rings. The highest BCUT2D eigenvalue weighted by molar-refractivity contribution is 6.31. The van der Waals surface area contributed by atoms with Crippen LogP contribution in [-0.2, 0) is 6.54 Å². The van der Waals surface area contributed by atoms with E-state index in [2.05, 4.69) is 10.4 Å². The summed E-state index contributed by atoms with van der Waals surface area (Å²) in [5, 5.41) is 7.52. The molecule has 1 N–H and O–H groups in total. The van der Waals surface area contributed by atoms with Crippen molar-refractivity contribution >= 4 is 23.2 Å². The first-order valence-electron chi connectivity index (χ1n) is 7.36. The molecule has 1 aromatic heterocycles. The Morgan fingerprint density at radius 3 is 2.88 bits per heavy atom. The first kappa shape index (κ1) is 16.2. The van der Waals surface area contributed by atoms with Crippen molar-refractivity contribution in [3.8, 4) is 0 Å². The fraction of sp³-hybridized carbons (Fsp3) is 0.111. The van der Waals surface area contributed by atoms with Gasteiger partial charge in [-0.3, -0.25) is 9.48 Å². The average molecular weight is 344 g/mol. The summed E-state index contributed by atoms with van der Waals surface area (Å²) < 4.78 is 14.9. The Hall–Kier alpha value is -2.66. The lowest BCUT2D eigenvalue weighted by Gasteiger charge is -2.07. The maximum atomic E-state index is 13.3. The van der Waals surface area contributed by atoms with Gasteiger partial charge in [0.25, 0.3) is 5.91 Å². The van der Waals surface area contributed by atoms with Gasteiger partial charge < -0.3 is 5.32 Å². The van der Waals surface area contributed by atoms with E-state index in [1.807, 2.05) is 18.2 Å². The van der Waals surface area contributed by atoms with Gasteiger partial charge in [0, 0.05) is 16.9 Å². The lowest BCUT2D eigenvalue weighted by Crippen LogP contribution is -2.12.